The third-order valence-electron chi connectivity index (χ3n) is 2.69. The van der Waals surface area contributed by atoms with E-state index in [2.05, 4.69) is 69.3 Å². The van der Waals surface area contributed by atoms with Gasteiger partial charge in [-0.1, -0.05) is 62.4 Å². The van der Waals surface area contributed by atoms with Crippen LogP contribution in [-0.4, -0.2) is 0 Å². The smallest absolute Gasteiger partial charge is 0.0216 e. The average molecular weight is 214 g/mol. The Hall–Kier alpha value is -1.30. The molecule has 0 aliphatic heterocycles. The molecule has 0 nitrogen and oxygen atoms in total. The van der Waals surface area contributed by atoms with Crippen molar-refractivity contribution in [2.45, 2.75) is 39.5 Å². The van der Waals surface area contributed by atoms with Gasteiger partial charge < -0.3 is 0 Å². The van der Waals surface area contributed by atoms with Crippen molar-refractivity contribution >= 4 is 0 Å². The summed E-state index contributed by atoms with van der Waals surface area (Å²) < 4.78 is 0. The Kier molecular flexibility index (Phi) is 5.63. The summed E-state index contributed by atoms with van der Waals surface area (Å²) in [5.74, 6) is 0.654. The second-order valence-electron chi connectivity index (χ2n) is 4.44. The number of hydrogen-bond donors (Lipinski definition) is 0. The van der Waals surface area contributed by atoms with Crippen LogP contribution in [0.2, 0.25) is 0 Å². The lowest BCUT2D eigenvalue weighted by Crippen LogP contribution is -1.89. The van der Waals surface area contributed by atoms with Crippen molar-refractivity contribution in [3.8, 4) is 0 Å². The van der Waals surface area contributed by atoms with Gasteiger partial charge in [-0.15, -0.1) is 0 Å². The summed E-state index contributed by atoms with van der Waals surface area (Å²) in [6.45, 7) is 6.61. The van der Waals surface area contributed by atoms with Gasteiger partial charge in [0.05, 0.1) is 0 Å². The molecule has 0 fully saturated rings. The first-order chi connectivity index (χ1) is 7.72. The van der Waals surface area contributed by atoms with E-state index in [0.29, 0.717) is 5.92 Å². The van der Waals surface area contributed by atoms with Crippen LogP contribution >= 0.6 is 0 Å². The molecule has 1 aromatic rings. The quantitative estimate of drug-likeness (QED) is 0.616. The minimum Gasteiger partial charge on any atom is -0.0842 e. The molecule has 1 aliphatic rings. The second kappa shape index (κ2) is 7.05. The first-order valence-electron chi connectivity index (χ1n) is 6.09. The van der Waals surface area contributed by atoms with E-state index in [0.717, 1.165) is 0 Å². The van der Waals surface area contributed by atoms with Crippen molar-refractivity contribution < 1.29 is 0 Å². The number of hydrogen-bond acceptors (Lipinski definition) is 0. The highest BCUT2D eigenvalue weighted by molar-refractivity contribution is 5.27. The van der Waals surface area contributed by atoms with Gasteiger partial charge in [-0.05, 0) is 36.8 Å². The largest absolute Gasteiger partial charge is 0.0842 e. The molecule has 1 aromatic carbocycles. The summed E-state index contributed by atoms with van der Waals surface area (Å²) in [6.07, 6.45) is 11.0. The molecule has 0 radical (unpaired) electrons. The molecule has 1 aliphatic carbocycles. The lowest BCUT2D eigenvalue weighted by Gasteiger charge is -2.07. The number of allylic oxidation sites excluding steroid dienone is 4. The fraction of sp³-hybridized carbons (Fsp3) is 0.375. The zero-order valence-corrected chi connectivity index (χ0v) is 10.6. The van der Waals surface area contributed by atoms with Gasteiger partial charge in [-0.25, -0.2) is 0 Å². The van der Waals surface area contributed by atoms with Crippen molar-refractivity contribution in [3.63, 3.8) is 0 Å². The van der Waals surface area contributed by atoms with Crippen LogP contribution in [-0.2, 0) is 0 Å². The third kappa shape index (κ3) is 4.48. The fourth-order valence-corrected chi connectivity index (χ4v) is 1.78. The van der Waals surface area contributed by atoms with Crippen molar-refractivity contribution in [1.82, 2.24) is 0 Å². The Labute approximate surface area is 99.7 Å². The van der Waals surface area contributed by atoms with Crippen molar-refractivity contribution in [1.29, 1.82) is 0 Å². The predicted molar refractivity (Wildman–Crippen MR) is 72.8 cm³/mol. The molecule has 16 heavy (non-hydrogen) atoms. The summed E-state index contributed by atoms with van der Waals surface area (Å²) >= 11 is 0. The Bertz CT molecular complexity index is 344. The first kappa shape index (κ1) is 12.8. The van der Waals surface area contributed by atoms with E-state index in [1.54, 1.807) is 0 Å². The molecule has 2 rings (SSSR count). The van der Waals surface area contributed by atoms with E-state index in [1.807, 2.05) is 0 Å². The second-order valence-corrected chi connectivity index (χ2v) is 4.44. The van der Waals surface area contributed by atoms with E-state index in [9.17, 15) is 0 Å². The standard InChI is InChI=1S/C10H14.C6H8/c1-8(2)10-7-5-4-6-9(10)3;1-2-4-6-5-3-1/h4-8H,1-3H3;1-4H,5-6H2. The van der Waals surface area contributed by atoms with Gasteiger partial charge in [0.15, 0.2) is 0 Å². The normalized spacial score (nSPS) is 13.5. The lowest BCUT2D eigenvalue weighted by atomic mass is 9.99. The Morgan fingerprint density at radius 3 is 1.81 bits per heavy atom. The molecule has 0 heterocycles. The third-order valence-corrected chi connectivity index (χ3v) is 2.69. The van der Waals surface area contributed by atoms with Gasteiger partial charge >= 0.3 is 0 Å². The SMILES string of the molecule is C1=CCCC=C1.Cc1ccccc1C(C)C. The topological polar surface area (TPSA) is 0 Å². The minimum atomic E-state index is 0.654. The molecule has 86 valence electrons. The predicted octanol–water partition coefficient (Wildman–Crippen LogP) is 5.01. The van der Waals surface area contributed by atoms with Crippen molar-refractivity contribution in [2.24, 2.45) is 0 Å². The summed E-state index contributed by atoms with van der Waals surface area (Å²) in [7, 11) is 0. The molecular formula is C16H22. The molecule has 0 spiro atoms. The van der Waals surface area contributed by atoms with E-state index < -0.39 is 0 Å². The molecule has 0 atom stereocenters. The molecule has 0 amide bonds. The highest BCUT2D eigenvalue weighted by atomic mass is 14.0. The Morgan fingerprint density at radius 2 is 1.50 bits per heavy atom. The molecule has 0 N–H and O–H groups in total. The van der Waals surface area contributed by atoms with Crippen molar-refractivity contribution in [3.05, 3.63) is 59.7 Å². The van der Waals surface area contributed by atoms with E-state index >= 15 is 0 Å². The van der Waals surface area contributed by atoms with Crippen LogP contribution in [0.4, 0.5) is 0 Å². The zero-order valence-electron chi connectivity index (χ0n) is 10.6. The van der Waals surface area contributed by atoms with Crippen molar-refractivity contribution in [2.75, 3.05) is 0 Å². The van der Waals surface area contributed by atoms with Gasteiger partial charge in [0.1, 0.15) is 0 Å². The van der Waals surface area contributed by atoms with Gasteiger partial charge in [0, 0.05) is 0 Å². The van der Waals surface area contributed by atoms with Gasteiger partial charge in [-0.3, -0.25) is 0 Å². The molecule has 0 unspecified atom stereocenters. The first-order valence-corrected chi connectivity index (χ1v) is 6.09. The highest BCUT2D eigenvalue weighted by Gasteiger charge is 1.99. The van der Waals surface area contributed by atoms with E-state index in [4.69, 9.17) is 0 Å². The van der Waals surface area contributed by atoms with Crippen LogP contribution < -0.4 is 0 Å². The highest BCUT2D eigenvalue weighted by Crippen LogP contribution is 2.17. The van der Waals surface area contributed by atoms with Gasteiger partial charge in [0.25, 0.3) is 0 Å². The maximum Gasteiger partial charge on any atom is -0.0216 e. The number of benzene rings is 1. The number of aryl methyl sites for hydroxylation is 1. The van der Waals surface area contributed by atoms with Crippen LogP contribution in [0, 0.1) is 6.92 Å². The average Bonchev–Trinajstić information content (AvgIpc) is 2.32. The van der Waals surface area contributed by atoms with E-state index in [1.165, 1.54) is 24.0 Å². The summed E-state index contributed by atoms with van der Waals surface area (Å²) in [6, 6.07) is 8.54. The molecular weight excluding hydrogens is 192 g/mol. The maximum absolute atomic E-state index is 2.22. The Balaban J connectivity index is 0.000000181. The van der Waals surface area contributed by atoms with Gasteiger partial charge in [0.2, 0.25) is 0 Å². The molecule has 0 heteroatoms. The Morgan fingerprint density at radius 1 is 0.938 bits per heavy atom. The lowest BCUT2D eigenvalue weighted by molar-refractivity contribution is 0.856. The molecule has 0 aromatic heterocycles. The fourth-order valence-electron chi connectivity index (χ4n) is 1.78. The van der Waals surface area contributed by atoms with Crippen LogP contribution in [0.1, 0.15) is 43.7 Å². The van der Waals surface area contributed by atoms with E-state index in [-0.39, 0.29) is 0 Å². The van der Waals surface area contributed by atoms with Crippen LogP contribution in [0.3, 0.4) is 0 Å². The maximum atomic E-state index is 2.22. The number of rotatable bonds is 1. The van der Waals surface area contributed by atoms with Crippen LogP contribution in [0.25, 0.3) is 0 Å². The zero-order chi connectivity index (χ0) is 11.8. The van der Waals surface area contributed by atoms with Crippen LogP contribution in [0.15, 0.2) is 48.6 Å². The molecule has 0 saturated carbocycles. The summed E-state index contributed by atoms with van der Waals surface area (Å²) in [4.78, 5) is 0. The minimum absolute atomic E-state index is 0.654. The van der Waals surface area contributed by atoms with Crippen LogP contribution in [0.5, 0.6) is 0 Å². The van der Waals surface area contributed by atoms with Gasteiger partial charge in [-0.2, -0.15) is 0 Å². The summed E-state index contributed by atoms with van der Waals surface area (Å²) in [5.41, 5.74) is 2.86. The monoisotopic (exact) mass is 214 g/mol. The molecule has 0 saturated heterocycles. The summed E-state index contributed by atoms with van der Waals surface area (Å²) in [5, 5.41) is 0. The molecule has 0 bridgehead atoms.